The summed E-state index contributed by atoms with van der Waals surface area (Å²) in [6.45, 7) is 3.37. The molecule has 3 unspecified atom stereocenters. The van der Waals surface area contributed by atoms with Gasteiger partial charge in [-0.15, -0.1) is 0 Å². The van der Waals surface area contributed by atoms with Crippen molar-refractivity contribution < 1.29 is 19.5 Å². The summed E-state index contributed by atoms with van der Waals surface area (Å²) in [6.07, 6.45) is 9.05. The molecule has 1 heterocycles. The number of allylic oxidation sites excluding steroid dienone is 1. The Kier molecular flexibility index (Phi) is 6.82. The predicted octanol–water partition coefficient (Wildman–Crippen LogP) is 1.95. The van der Waals surface area contributed by atoms with E-state index in [9.17, 15) is 19.5 Å². The van der Waals surface area contributed by atoms with Crippen LogP contribution in [0.25, 0.3) is 0 Å². The van der Waals surface area contributed by atoms with E-state index in [0.717, 1.165) is 45.2 Å². The number of hydrogen-bond donors (Lipinski definition) is 2. The second-order valence-corrected chi connectivity index (χ2v) is 6.73. The normalized spacial score (nSPS) is 25.6. The van der Waals surface area contributed by atoms with E-state index in [4.69, 9.17) is 0 Å². The summed E-state index contributed by atoms with van der Waals surface area (Å²) >= 11 is 0. The van der Waals surface area contributed by atoms with Crippen molar-refractivity contribution in [1.29, 1.82) is 0 Å². The van der Waals surface area contributed by atoms with Gasteiger partial charge in [0.05, 0.1) is 0 Å². The van der Waals surface area contributed by atoms with Gasteiger partial charge in [0.1, 0.15) is 6.04 Å². The molecule has 2 aliphatic rings. The largest absolute Gasteiger partial charge is 0.480 e. The van der Waals surface area contributed by atoms with Gasteiger partial charge < -0.3 is 15.3 Å². The van der Waals surface area contributed by atoms with Gasteiger partial charge in [0.2, 0.25) is 11.8 Å². The molecule has 6 heteroatoms. The molecule has 1 aliphatic heterocycles. The van der Waals surface area contributed by atoms with Gasteiger partial charge in [-0.25, -0.2) is 4.79 Å². The molecule has 1 saturated carbocycles. The summed E-state index contributed by atoms with van der Waals surface area (Å²) in [4.78, 5) is 38.6. The minimum absolute atomic E-state index is 0.0766. The summed E-state index contributed by atoms with van der Waals surface area (Å²) in [5, 5.41) is 11.9. The lowest BCUT2D eigenvalue weighted by Gasteiger charge is -2.33. The highest BCUT2D eigenvalue weighted by Crippen LogP contribution is 2.32. The Hall–Kier alpha value is -1.85. The average molecular weight is 336 g/mol. The van der Waals surface area contributed by atoms with Crippen LogP contribution in [0.4, 0.5) is 0 Å². The molecule has 1 saturated heterocycles. The molecule has 3 atom stereocenters. The molecule has 1 aliphatic carbocycles. The van der Waals surface area contributed by atoms with Gasteiger partial charge in [0, 0.05) is 24.9 Å². The third-order valence-electron chi connectivity index (χ3n) is 5.06. The number of aliphatic carboxylic acids is 1. The van der Waals surface area contributed by atoms with Gasteiger partial charge in [0.25, 0.3) is 0 Å². The van der Waals surface area contributed by atoms with E-state index in [0.29, 0.717) is 6.42 Å². The number of carbonyl (C=O) groups is 3. The highest BCUT2D eigenvalue weighted by atomic mass is 16.4. The first kappa shape index (κ1) is 18.5. The van der Waals surface area contributed by atoms with Gasteiger partial charge in [-0.2, -0.15) is 0 Å². The molecular formula is C18H28N2O4. The highest BCUT2D eigenvalue weighted by molar-refractivity contribution is 5.90. The summed E-state index contributed by atoms with van der Waals surface area (Å²) < 4.78 is 0. The maximum absolute atomic E-state index is 12.7. The zero-order valence-corrected chi connectivity index (χ0v) is 14.4. The molecule has 0 aromatic heterocycles. The Morgan fingerprint density at radius 1 is 1.12 bits per heavy atom. The van der Waals surface area contributed by atoms with Gasteiger partial charge in [-0.05, 0) is 39.0 Å². The fourth-order valence-electron chi connectivity index (χ4n) is 3.68. The van der Waals surface area contributed by atoms with E-state index in [2.05, 4.69) is 5.32 Å². The van der Waals surface area contributed by atoms with Crippen LogP contribution in [0, 0.1) is 11.8 Å². The number of likely N-dealkylation sites (tertiary alicyclic amines) is 1. The number of carbonyl (C=O) groups excluding carboxylic acids is 2. The van der Waals surface area contributed by atoms with Gasteiger partial charge in [0.15, 0.2) is 0 Å². The molecule has 0 aromatic rings. The van der Waals surface area contributed by atoms with E-state index in [-0.39, 0.29) is 24.2 Å². The fourth-order valence-corrected chi connectivity index (χ4v) is 3.68. The molecule has 0 radical (unpaired) electrons. The molecule has 6 nitrogen and oxygen atoms in total. The standard InChI is InChI=1S/C18H28N2O4/c1-2-3-10-15(18(23)24)19-16(21)13-8-4-5-9-14(13)17(22)20-11-6-7-12-20/h2-3,13-15H,4-12H2,1H3,(H,19,21)(H,23,24)/b3-2+. The van der Waals surface area contributed by atoms with E-state index in [1.807, 2.05) is 11.8 Å². The number of hydrogen-bond acceptors (Lipinski definition) is 3. The number of amides is 2. The van der Waals surface area contributed by atoms with Crippen molar-refractivity contribution in [3.8, 4) is 0 Å². The van der Waals surface area contributed by atoms with Crippen molar-refractivity contribution in [2.24, 2.45) is 11.8 Å². The van der Waals surface area contributed by atoms with Crippen LogP contribution in [0.1, 0.15) is 51.9 Å². The number of nitrogens with zero attached hydrogens (tertiary/aromatic N) is 1. The lowest BCUT2D eigenvalue weighted by Crippen LogP contribution is -2.48. The fraction of sp³-hybridized carbons (Fsp3) is 0.722. The van der Waals surface area contributed by atoms with Crippen molar-refractivity contribution in [2.75, 3.05) is 13.1 Å². The number of nitrogens with one attached hydrogen (secondary N) is 1. The molecule has 2 amide bonds. The molecule has 2 fully saturated rings. The molecule has 2 rings (SSSR count). The average Bonchev–Trinajstić information content (AvgIpc) is 3.12. The summed E-state index contributed by atoms with van der Waals surface area (Å²) in [5.41, 5.74) is 0. The zero-order valence-electron chi connectivity index (χ0n) is 14.4. The molecule has 24 heavy (non-hydrogen) atoms. The van der Waals surface area contributed by atoms with E-state index in [1.165, 1.54) is 0 Å². The first-order valence-electron chi connectivity index (χ1n) is 8.97. The van der Waals surface area contributed by atoms with Crippen LogP contribution in [0.3, 0.4) is 0 Å². The van der Waals surface area contributed by atoms with Gasteiger partial charge in [-0.3, -0.25) is 9.59 Å². The van der Waals surface area contributed by atoms with Crippen LogP contribution < -0.4 is 5.32 Å². The number of carboxylic acid groups (broad SMARTS) is 1. The maximum atomic E-state index is 12.7. The van der Waals surface area contributed by atoms with Crippen LogP contribution >= 0.6 is 0 Å². The quantitative estimate of drug-likeness (QED) is 0.726. The smallest absolute Gasteiger partial charge is 0.326 e. The van der Waals surface area contributed by atoms with Crippen LogP contribution in [0.15, 0.2) is 12.2 Å². The van der Waals surface area contributed by atoms with Crippen molar-refractivity contribution in [1.82, 2.24) is 10.2 Å². The molecular weight excluding hydrogens is 308 g/mol. The van der Waals surface area contributed by atoms with Gasteiger partial charge in [-0.1, -0.05) is 25.0 Å². The molecule has 134 valence electrons. The first-order valence-corrected chi connectivity index (χ1v) is 8.97. The minimum Gasteiger partial charge on any atom is -0.480 e. The topological polar surface area (TPSA) is 86.7 Å². The number of rotatable bonds is 6. The van der Waals surface area contributed by atoms with E-state index < -0.39 is 17.9 Å². The minimum atomic E-state index is -1.04. The van der Waals surface area contributed by atoms with Crippen molar-refractivity contribution >= 4 is 17.8 Å². The first-order chi connectivity index (χ1) is 11.5. The monoisotopic (exact) mass is 336 g/mol. The second kappa shape index (κ2) is 8.85. The Labute approximate surface area is 143 Å². The molecule has 2 N–H and O–H groups in total. The summed E-state index contributed by atoms with van der Waals surface area (Å²) in [5.74, 6) is -1.95. The van der Waals surface area contributed by atoms with E-state index >= 15 is 0 Å². The lowest BCUT2D eigenvalue weighted by atomic mass is 9.77. The van der Waals surface area contributed by atoms with Crippen LogP contribution in [-0.4, -0.2) is 46.9 Å². The Morgan fingerprint density at radius 2 is 1.75 bits per heavy atom. The van der Waals surface area contributed by atoms with Crippen molar-refractivity contribution in [3.63, 3.8) is 0 Å². The summed E-state index contributed by atoms with van der Waals surface area (Å²) in [6, 6.07) is -0.932. The predicted molar refractivity (Wildman–Crippen MR) is 90.3 cm³/mol. The summed E-state index contributed by atoms with van der Waals surface area (Å²) in [7, 11) is 0. The van der Waals surface area contributed by atoms with Crippen LogP contribution in [0.5, 0.6) is 0 Å². The zero-order chi connectivity index (χ0) is 17.5. The molecule has 0 bridgehead atoms. The third-order valence-corrected chi connectivity index (χ3v) is 5.06. The Balaban J connectivity index is 2.03. The molecule has 0 aromatic carbocycles. The van der Waals surface area contributed by atoms with Crippen LogP contribution in [-0.2, 0) is 14.4 Å². The van der Waals surface area contributed by atoms with Crippen molar-refractivity contribution in [3.05, 3.63) is 12.2 Å². The Bertz CT molecular complexity index is 497. The highest BCUT2D eigenvalue weighted by Gasteiger charge is 2.39. The SMILES string of the molecule is C/C=C/CC(NC(=O)C1CCCCC1C(=O)N1CCCC1)C(=O)O. The molecule has 0 spiro atoms. The van der Waals surface area contributed by atoms with Gasteiger partial charge >= 0.3 is 5.97 Å². The number of carboxylic acids is 1. The second-order valence-electron chi connectivity index (χ2n) is 6.73. The van der Waals surface area contributed by atoms with E-state index in [1.54, 1.807) is 12.2 Å². The third kappa shape index (κ3) is 4.58. The lowest BCUT2D eigenvalue weighted by molar-refractivity contribution is -0.145. The van der Waals surface area contributed by atoms with Crippen LogP contribution in [0.2, 0.25) is 0 Å². The Morgan fingerprint density at radius 3 is 2.33 bits per heavy atom. The maximum Gasteiger partial charge on any atom is 0.326 e. The van der Waals surface area contributed by atoms with Crippen molar-refractivity contribution in [2.45, 2.75) is 57.9 Å².